The number of hydrogen-bond donors (Lipinski definition) is 0. The van der Waals surface area contributed by atoms with E-state index in [9.17, 15) is 9.59 Å². The molecule has 0 aromatic heterocycles. The second-order valence-corrected chi connectivity index (χ2v) is 13.3. The van der Waals surface area contributed by atoms with E-state index in [1.54, 1.807) is 0 Å². The van der Waals surface area contributed by atoms with Crippen LogP contribution in [0.25, 0.3) is 0 Å². The zero-order valence-corrected chi connectivity index (χ0v) is 23.1. The highest BCUT2D eigenvalue weighted by Crippen LogP contribution is 2.67. The summed E-state index contributed by atoms with van der Waals surface area (Å²) in [4.78, 5) is 25.7. The Balaban J connectivity index is 1.14. The summed E-state index contributed by atoms with van der Waals surface area (Å²) in [6.45, 7) is 7.24. The fraction of sp³-hybridized carbons (Fsp3) is 0.588. The first kappa shape index (κ1) is 25.6. The Bertz CT molecular complexity index is 1160. The van der Waals surface area contributed by atoms with Crippen LogP contribution in [-0.2, 0) is 9.47 Å². The lowest BCUT2D eigenvalue weighted by Crippen LogP contribution is -2.56. The Morgan fingerprint density at radius 1 is 0.737 bits per heavy atom. The number of ether oxygens (including phenoxy) is 2. The first-order chi connectivity index (χ1) is 18.3. The standard InChI is InChI=1S/C34H42O4/c1-22-21-34(3)25(20-29(22)37-31(35)23-10-6-4-7-11-23)14-15-26-27-16-17-30(33(27,2)19-18-28(26)34)38-32(36)24-12-8-5-9-13-24/h4-13,22,25-30H,14-21H2,1-3H3. The summed E-state index contributed by atoms with van der Waals surface area (Å²) in [7, 11) is 0. The van der Waals surface area contributed by atoms with Crippen LogP contribution in [0, 0.1) is 40.4 Å². The average molecular weight is 515 g/mol. The quantitative estimate of drug-likeness (QED) is 0.392. The van der Waals surface area contributed by atoms with Crippen molar-refractivity contribution >= 4 is 11.9 Å². The second-order valence-electron chi connectivity index (χ2n) is 13.3. The summed E-state index contributed by atoms with van der Waals surface area (Å²) in [5.74, 6) is 2.63. The second kappa shape index (κ2) is 9.84. The van der Waals surface area contributed by atoms with Gasteiger partial charge in [0.25, 0.3) is 0 Å². The number of carbonyl (C=O) groups excluding carboxylic acids is 2. The Morgan fingerprint density at radius 3 is 2.00 bits per heavy atom. The lowest BCUT2D eigenvalue weighted by Gasteiger charge is -2.61. The number of esters is 2. The maximum atomic E-state index is 12.9. The van der Waals surface area contributed by atoms with Crippen LogP contribution < -0.4 is 0 Å². The zero-order chi connectivity index (χ0) is 26.5. The van der Waals surface area contributed by atoms with Crippen LogP contribution in [0.15, 0.2) is 60.7 Å². The van der Waals surface area contributed by atoms with Crippen LogP contribution in [0.3, 0.4) is 0 Å². The van der Waals surface area contributed by atoms with Crippen molar-refractivity contribution in [1.82, 2.24) is 0 Å². The summed E-state index contributed by atoms with van der Waals surface area (Å²) in [5.41, 5.74) is 1.66. The lowest BCUT2D eigenvalue weighted by atomic mass is 9.44. The van der Waals surface area contributed by atoms with Crippen LogP contribution in [0.4, 0.5) is 0 Å². The van der Waals surface area contributed by atoms with E-state index >= 15 is 0 Å². The minimum absolute atomic E-state index is 0.000512. The smallest absolute Gasteiger partial charge is 0.338 e. The highest BCUT2D eigenvalue weighted by atomic mass is 16.5. The molecule has 4 saturated carbocycles. The van der Waals surface area contributed by atoms with Crippen molar-refractivity contribution in [2.75, 3.05) is 0 Å². The average Bonchev–Trinajstić information content (AvgIpc) is 3.26. The largest absolute Gasteiger partial charge is 0.458 e. The summed E-state index contributed by atoms with van der Waals surface area (Å²) < 4.78 is 12.3. The Morgan fingerprint density at radius 2 is 1.34 bits per heavy atom. The van der Waals surface area contributed by atoms with E-state index in [1.807, 2.05) is 60.7 Å². The third kappa shape index (κ3) is 4.28. The Hall–Kier alpha value is -2.62. The summed E-state index contributed by atoms with van der Waals surface area (Å²) >= 11 is 0. The first-order valence-electron chi connectivity index (χ1n) is 14.8. The van der Waals surface area contributed by atoms with Gasteiger partial charge in [0.15, 0.2) is 0 Å². The number of hydrogen-bond acceptors (Lipinski definition) is 4. The van der Waals surface area contributed by atoms with Gasteiger partial charge in [0.1, 0.15) is 12.2 Å². The van der Waals surface area contributed by atoms with E-state index in [0.717, 1.165) is 32.1 Å². The third-order valence-corrected chi connectivity index (χ3v) is 11.4. The maximum Gasteiger partial charge on any atom is 0.338 e. The zero-order valence-electron chi connectivity index (χ0n) is 23.1. The maximum absolute atomic E-state index is 12.9. The van der Waals surface area contributed by atoms with E-state index in [-0.39, 0.29) is 35.0 Å². The van der Waals surface area contributed by atoms with Crippen LogP contribution in [0.5, 0.6) is 0 Å². The molecule has 4 heteroatoms. The predicted octanol–water partition coefficient (Wildman–Crippen LogP) is 7.73. The van der Waals surface area contributed by atoms with Gasteiger partial charge in [0.2, 0.25) is 0 Å². The van der Waals surface area contributed by atoms with Gasteiger partial charge in [-0.15, -0.1) is 0 Å². The van der Waals surface area contributed by atoms with Gasteiger partial charge in [0, 0.05) is 5.41 Å². The van der Waals surface area contributed by atoms with Crippen LogP contribution in [0.2, 0.25) is 0 Å². The van der Waals surface area contributed by atoms with E-state index in [0.29, 0.717) is 40.7 Å². The van der Waals surface area contributed by atoms with E-state index in [1.165, 1.54) is 19.3 Å². The molecule has 9 unspecified atom stereocenters. The normalized spacial score (nSPS) is 39.8. The molecule has 2 aromatic carbocycles. The van der Waals surface area contributed by atoms with Crippen LogP contribution >= 0.6 is 0 Å². The third-order valence-electron chi connectivity index (χ3n) is 11.4. The van der Waals surface area contributed by atoms with E-state index in [4.69, 9.17) is 9.47 Å². The molecule has 9 atom stereocenters. The summed E-state index contributed by atoms with van der Waals surface area (Å²) in [6.07, 6.45) is 9.08. The molecule has 38 heavy (non-hydrogen) atoms. The summed E-state index contributed by atoms with van der Waals surface area (Å²) in [5, 5.41) is 0. The molecule has 0 radical (unpaired) electrons. The molecule has 4 fully saturated rings. The minimum atomic E-state index is -0.185. The fourth-order valence-corrected chi connectivity index (χ4v) is 9.44. The Labute approximate surface area is 227 Å². The molecular weight excluding hydrogens is 472 g/mol. The highest BCUT2D eigenvalue weighted by Gasteiger charge is 2.62. The van der Waals surface area contributed by atoms with Crippen LogP contribution in [-0.4, -0.2) is 24.1 Å². The molecule has 6 rings (SSSR count). The first-order valence-corrected chi connectivity index (χ1v) is 14.8. The van der Waals surface area contributed by atoms with Gasteiger partial charge >= 0.3 is 11.9 Å². The molecule has 0 heterocycles. The SMILES string of the molecule is CC1CC2(C)C(CCC3C2CCC2(C)C(OC(=O)c4ccccc4)CCC32)CC1OC(=O)c1ccccc1. The molecule has 0 saturated heterocycles. The molecule has 4 aliphatic carbocycles. The van der Waals surface area contributed by atoms with Crippen LogP contribution in [0.1, 0.15) is 92.9 Å². The van der Waals surface area contributed by atoms with Crippen molar-refractivity contribution in [2.45, 2.75) is 84.3 Å². The molecule has 0 aliphatic heterocycles. The van der Waals surface area contributed by atoms with Gasteiger partial charge in [-0.1, -0.05) is 57.2 Å². The predicted molar refractivity (Wildman–Crippen MR) is 148 cm³/mol. The number of fused-ring (bicyclic) bond motifs is 5. The van der Waals surface area contributed by atoms with Crippen molar-refractivity contribution in [3.05, 3.63) is 71.8 Å². The minimum Gasteiger partial charge on any atom is -0.458 e. The Kier molecular flexibility index (Phi) is 6.64. The van der Waals surface area contributed by atoms with Gasteiger partial charge in [-0.2, -0.15) is 0 Å². The molecule has 0 spiro atoms. The molecule has 202 valence electrons. The van der Waals surface area contributed by atoms with Crippen molar-refractivity contribution in [1.29, 1.82) is 0 Å². The van der Waals surface area contributed by atoms with Crippen molar-refractivity contribution in [3.8, 4) is 0 Å². The van der Waals surface area contributed by atoms with Crippen molar-refractivity contribution in [3.63, 3.8) is 0 Å². The molecule has 0 N–H and O–H groups in total. The van der Waals surface area contributed by atoms with Gasteiger partial charge in [0.05, 0.1) is 11.1 Å². The van der Waals surface area contributed by atoms with Gasteiger partial charge in [-0.25, -0.2) is 9.59 Å². The fourth-order valence-electron chi connectivity index (χ4n) is 9.44. The number of benzene rings is 2. The molecule has 4 aliphatic rings. The molecule has 2 aromatic rings. The molecule has 0 amide bonds. The van der Waals surface area contributed by atoms with E-state index < -0.39 is 0 Å². The van der Waals surface area contributed by atoms with Gasteiger partial charge in [-0.05, 0) is 111 Å². The molecule has 0 bridgehead atoms. The van der Waals surface area contributed by atoms with Crippen molar-refractivity contribution in [2.24, 2.45) is 40.4 Å². The molecule has 4 nitrogen and oxygen atoms in total. The summed E-state index contributed by atoms with van der Waals surface area (Å²) in [6, 6.07) is 18.8. The topological polar surface area (TPSA) is 52.6 Å². The monoisotopic (exact) mass is 514 g/mol. The number of rotatable bonds is 4. The molecular formula is C34H42O4. The lowest BCUT2D eigenvalue weighted by molar-refractivity contribution is -0.147. The van der Waals surface area contributed by atoms with Gasteiger partial charge < -0.3 is 9.47 Å². The van der Waals surface area contributed by atoms with Crippen molar-refractivity contribution < 1.29 is 19.1 Å². The highest BCUT2D eigenvalue weighted by molar-refractivity contribution is 5.90. The number of carbonyl (C=O) groups is 2. The van der Waals surface area contributed by atoms with E-state index in [2.05, 4.69) is 20.8 Å². The van der Waals surface area contributed by atoms with Gasteiger partial charge in [-0.3, -0.25) is 0 Å².